The van der Waals surface area contributed by atoms with E-state index in [4.69, 9.17) is 0 Å². The Hall–Kier alpha value is -1.64. The van der Waals surface area contributed by atoms with Gasteiger partial charge in [-0.25, -0.2) is 0 Å². The van der Waals surface area contributed by atoms with E-state index in [0.717, 1.165) is 6.04 Å². The Morgan fingerprint density at radius 3 is 0.938 bits per heavy atom. The summed E-state index contributed by atoms with van der Waals surface area (Å²) in [4.78, 5) is 5.26. The maximum absolute atomic E-state index is 2.63. The molecule has 0 amide bonds. The largest absolute Gasteiger partial charge is 0.301 e. The lowest BCUT2D eigenvalue weighted by Crippen LogP contribution is -2.44. The summed E-state index contributed by atoms with van der Waals surface area (Å²) in [6.07, 6.45) is 35.3. The van der Waals surface area contributed by atoms with Gasteiger partial charge in [-0.1, -0.05) is 247 Å². The summed E-state index contributed by atoms with van der Waals surface area (Å²) < 4.78 is 0. The second-order valence-corrected chi connectivity index (χ2v) is 20.4. The quantitative estimate of drug-likeness (QED) is 0.186. The Balaban J connectivity index is 0. The maximum Gasteiger partial charge on any atom is 0.00386 e. The van der Waals surface area contributed by atoms with Crippen LogP contribution in [0.3, 0.4) is 0 Å². The minimum atomic E-state index is 0.530. The van der Waals surface area contributed by atoms with Gasteiger partial charge in [0.2, 0.25) is 0 Å². The lowest BCUT2D eigenvalue weighted by atomic mass is 9.73. The molecule has 2 saturated heterocycles. The molecule has 2 aliphatic carbocycles. The summed E-state index contributed by atoms with van der Waals surface area (Å²) in [5.74, 6) is 0. The molecule has 2 aromatic carbocycles. The smallest absolute Gasteiger partial charge is 0.00386 e. The van der Waals surface area contributed by atoms with Crippen molar-refractivity contribution in [1.82, 2.24) is 9.80 Å². The van der Waals surface area contributed by atoms with Crippen molar-refractivity contribution < 1.29 is 0 Å². The predicted molar refractivity (Wildman–Crippen MR) is 296 cm³/mol. The maximum atomic E-state index is 2.63. The van der Waals surface area contributed by atoms with E-state index < -0.39 is 0 Å². The molecule has 2 spiro atoms. The van der Waals surface area contributed by atoms with Gasteiger partial charge in [0.05, 0.1) is 0 Å². The SMILES string of the molecule is CC(C)N1CCC2(CC1)Cc1ccccc1C2.CC(C)N1CCC2(CCc3ccccc32)CC1.CCCCC.CCCCC.CCCCC.CCCCC.CCCCC.CCCCC. The van der Waals surface area contributed by atoms with E-state index in [1.54, 1.807) is 22.3 Å². The molecule has 2 heteroatoms. The molecule has 64 heavy (non-hydrogen) atoms. The molecule has 0 aromatic heterocycles. The summed E-state index contributed by atoms with van der Waals surface area (Å²) >= 11 is 0. The Morgan fingerprint density at radius 2 is 0.656 bits per heavy atom. The third-order valence-electron chi connectivity index (χ3n) is 14.0. The molecule has 0 radical (unpaired) electrons. The van der Waals surface area contributed by atoms with Crippen molar-refractivity contribution in [2.45, 2.75) is 295 Å². The predicted octanol–water partition coefficient (Wildman–Crippen LogP) is 19.8. The van der Waals surface area contributed by atoms with E-state index in [9.17, 15) is 0 Å². The van der Waals surface area contributed by atoms with E-state index in [-0.39, 0.29) is 0 Å². The lowest BCUT2D eigenvalue weighted by Gasteiger charge is -2.41. The fourth-order valence-corrected chi connectivity index (χ4v) is 9.51. The van der Waals surface area contributed by atoms with Crippen LogP contribution in [0.5, 0.6) is 0 Å². The zero-order valence-corrected chi connectivity index (χ0v) is 46.9. The topological polar surface area (TPSA) is 6.48 Å². The third-order valence-corrected chi connectivity index (χ3v) is 14.0. The molecule has 2 aromatic rings. The molecule has 2 nitrogen and oxygen atoms in total. The van der Waals surface area contributed by atoms with Crippen LogP contribution in [0.25, 0.3) is 0 Å². The summed E-state index contributed by atoms with van der Waals surface area (Å²) in [5.41, 5.74) is 7.65. The van der Waals surface area contributed by atoms with E-state index >= 15 is 0 Å². The molecule has 0 bridgehead atoms. The highest BCUT2D eigenvalue weighted by molar-refractivity contribution is 5.40. The van der Waals surface area contributed by atoms with Crippen LogP contribution in [0.15, 0.2) is 48.5 Å². The van der Waals surface area contributed by atoms with Crippen molar-refractivity contribution in [1.29, 1.82) is 0 Å². The second-order valence-electron chi connectivity index (χ2n) is 20.4. The molecule has 6 rings (SSSR count). The van der Waals surface area contributed by atoms with Crippen LogP contribution in [0.1, 0.15) is 281 Å². The number of unbranched alkanes of at least 4 members (excludes halogenated alkanes) is 12. The average Bonchev–Trinajstić information content (AvgIpc) is 3.84. The standard InChI is InChI=1S/2C16H23N.6C5H12/c1-13(2)17-9-7-16(8-10-17)11-14-5-3-4-6-15(14)12-16;1-13(2)17-11-9-16(10-12-17)8-7-14-5-3-4-6-15(14)16;6*1-3-5-4-2/h2*3-6,13H,7-12H2,1-2H3;6*3-5H2,1-2H3. The third kappa shape index (κ3) is 28.5. The number of hydrogen-bond donors (Lipinski definition) is 0. The molecule has 0 atom stereocenters. The molecular formula is C62H118N2. The van der Waals surface area contributed by atoms with E-state index in [1.165, 1.54) is 193 Å². The van der Waals surface area contributed by atoms with Crippen LogP contribution in [0.2, 0.25) is 0 Å². The number of benzene rings is 2. The van der Waals surface area contributed by atoms with Crippen LogP contribution in [0, 0.1) is 5.41 Å². The molecular weight excluding hydrogens is 773 g/mol. The molecule has 0 unspecified atom stereocenters. The second kappa shape index (κ2) is 42.7. The minimum absolute atomic E-state index is 0.530. The van der Waals surface area contributed by atoms with Crippen molar-refractivity contribution in [2.75, 3.05) is 26.2 Å². The molecule has 2 heterocycles. The number of hydrogen-bond acceptors (Lipinski definition) is 2. The van der Waals surface area contributed by atoms with Gasteiger partial charge in [-0.2, -0.15) is 0 Å². The van der Waals surface area contributed by atoms with Crippen molar-refractivity contribution in [3.8, 4) is 0 Å². The van der Waals surface area contributed by atoms with Gasteiger partial charge in [-0.05, 0) is 138 Å². The van der Waals surface area contributed by atoms with E-state index in [1.807, 2.05) is 0 Å². The van der Waals surface area contributed by atoms with Crippen molar-refractivity contribution in [3.05, 3.63) is 70.8 Å². The monoisotopic (exact) mass is 891 g/mol. The van der Waals surface area contributed by atoms with Crippen LogP contribution in [-0.2, 0) is 24.7 Å². The van der Waals surface area contributed by atoms with Crippen LogP contribution in [-0.4, -0.2) is 48.1 Å². The molecule has 2 aliphatic heterocycles. The van der Waals surface area contributed by atoms with Crippen molar-refractivity contribution in [2.24, 2.45) is 5.41 Å². The fraction of sp³-hybridized carbons (Fsp3) is 0.806. The van der Waals surface area contributed by atoms with Gasteiger partial charge in [0.1, 0.15) is 0 Å². The molecule has 4 aliphatic rings. The number of rotatable bonds is 14. The van der Waals surface area contributed by atoms with Gasteiger partial charge in [0, 0.05) is 12.1 Å². The van der Waals surface area contributed by atoms with E-state index in [2.05, 4.69) is 169 Å². The highest BCUT2D eigenvalue weighted by Gasteiger charge is 2.41. The number of piperidine rings is 2. The fourth-order valence-electron chi connectivity index (χ4n) is 9.51. The van der Waals surface area contributed by atoms with Gasteiger partial charge in [0.25, 0.3) is 0 Å². The Kier molecular flexibility index (Phi) is 43.0. The first kappa shape index (κ1) is 64.4. The number of aryl methyl sites for hydroxylation is 1. The normalized spacial score (nSPS) is 16.3. The zero-order chi connectivity index (χ0) is 48.5. The lowest BCUT2D eigenvalue weighted by molar-refractivity contribution is 0.0895. The zero-order valence-electron chi connectivity index (χ0n) is 46.9. The van der Waals surface area contributed by atoms with Crippen LogP contribution in [0.4, 0.5) is 0 Å². The van der Waals surface area contributed by atoms with Gasteiger partial charge in [-0.15, -0.1) is 0 Å². The number of likely N-dealkylation sites (tertiary alicyclic amines) is 2. The minimum Gasteiger partial charge on any atom is -0.301 e. The van der Waals surface area contributed by atoms with Crippen LogP contribution < -0.4 is 0 Å². The van der Waals surface area contributed by atoms with Crippen molar-refractivity contribution >= 4 is 0 Å². The molecule has 2 fully saturated rings. The summed E-state index contributed by atoms with van der Waals surface area (Å²) in [6.45, 7) is 41.0. The summed E-state index contributed by atoms with van der Waals surface area (Å²) in [5, 5.41) is 0. The Morgan fingerprint density at radius 1 is 0.375 bits per heavy atom. The molecule has 376 valence electrons. The Labute approximate surface area is 405 Å². The number of fused-ring (bicyclic) bond motifs is 3. The molecule has 0 N–H and O–H groups in total. The van der Waals surface area contributed by atoms with Crippen LogP contribution >= 0.6 is 0 Å². The molecule has 0 saturated carbocycles. The number of nitrogens with zero attached hydrogens (tertiary/aromatic N) is 2. The van der Waals surface area contributed by atoms with Gasteiger partial charge < -0.3 is 9.80 Å². The van der Waals surface area contributed by atoms with Crippen molar-refractivity contribution in [3.63, 3.8) is 0 Å². The first-order valence-corrected chi connectivity index (χ1v) is 28.5. The van der Waals surface area contributed by atoms with Gasteiger partial charge in [-0.3, -0.25) is 0 Å². The first-order valence-electron chi connectivity index (χ1n) is 28.5. The highest BCUT2D eigenvalue weighted by atomic mass is 15.2. The van der Waals surface area contributed by atoms with Gasteiger partial charge >= 0.3 is 0 Å². The van der Waals surface area contributed by atoms with Gasteiger partial charge in [0.15, 0.2) is 0 Å². The first-order chi connectivity index (χ1) is 30.9. The Bertz CT molecular complexity index is 1160. The summed E-state index contributed by atoms with van der Waals surface area (Å²) in [7, 11) is 0. The summed E-state index contributed by atoms with van der Waals surface area (Å²) in [6, 6.07) is 19.6. The van der Waals surface area contributed by atoms with E-state index in [0.29, 0.717) is 16.9 Å². The average molecular weight is 892 g/mol. The highest BCUT2D eigenvalue weighted by Crippen LogP contribution is 2.46.